The summed E-state index contributed by atoms with van der Waals surface area (Å²) in [7, 11) is 0. The second-order valence-electron chi connectivity index (χ2n) is 5.65. The molecule has 3 heteroatoms. The molecule has 0 amide bonds. The summed E-state index contributed by atoms with van der Waals surface area (Å²) >= 11 is 0. The molecule has 21 heavy (non-hydrogen) atoms. The standard InChI is InChI=1S/C18H17N3/c1-12-10-13-4-2-3-5-16(13)21(12)17-7-6-14-11-20-9-8-15(14)18(17)19/h2-9,11-12H,10,19H2,1H3. The second kappa shape index (κ2) is 4.48. The van der Waals surface area contributed by atoms with E-state index in [2.05, 4.69) is 53.2 Å². The first-order valence-corrected chi connectivity index (χ1v) is 7.25. The summed E-state index contributed by atoms with van der Waals surface area (Å²) in [6.45, 7) is 2.25. The number of rotatable bonds is 1. The van der Waals surface area contributed by atoms with Crippen LogP contribution in [-0.2, 0) is 6.42 Å². The van der Waals surface area contributed by atoms with Crippen molar-refractivity contribution in [3.8, 4) is 0 Å². The van der Waals surface area contributed by atoms with Crippen LogP contribution >= 0.6 is 0 Å². The highest BCUT2D eigenvalue weighted by Gasteiger charge is 2.28. The lowest BCUT2D eigenvalue weighted by Gasteiger charge is -2.27. The normalized spacial score (nSPS) is 17.2. The Kier molecular flexibility index (Phi) is 2.61. The molecule has 1 aliphatic heterocycles. The number of aromatic nitrogens is 1. The Bertz CT molecular complexity index is 826. The summed E-state index contributed by atoms with van der Waals surface area (Å²) in [5.74, 6) is 0. The number of fused-ring (bicyclic) bond motifs is 2. The maximum absolute atomic E-state index is 6.45. The zero-order valence-electron chi connectivity index (χ0n) is 12.0. The molecule has 3 aromatic rings. The number of benzene rings is 2. The van der Waals surface area contributed by atoms with Crippen LogP contribution in [0.25, 0.3) is 10.8 Å². The van der Waals surface area contributed by atoms with Gasteiger partial charge < -0.3 is 10.6 Å². The van der Waals surface area contributed by atoms with Gasteiger partial charge in [-0.25, -0.2) is 0 Å². The molecule has 0 fully saturated rings. The van der Waals surface area contributed by atoms with Gasteiger partial charge in [-0.3, -0.25) is 4.98 Å². The Morgan fingerprint density at radius 1 is 1.10 bits per heavy atom. The summed E-state index contributed by atoms with van der Waals surface area (Å²) in [6.07, 6.45) is 4.71. The Morgan fingerprint density at radius 3 is 2.86 bits per heavy atom. The molecule has 2 N–H and O–H groups in total. The molecule has 4 rings (SSSR count). The topological polar surface area (TPSA) is 42.2 Å². The molecule has 0 spiro atoms. The van der Waals surface area contributed by atoms with Crippen molar-refractivity contribution < 1.29 is 0 Å². The minimum atomic E-state index is 0.420. The molecule has 2 aromatic carbocycles. The van der Waals surface area contributed by atoms with Gasteiger partial charge in [-0.2, -0.15) is 0 Å². The number of hydrogen-bond donors (Lipinski definition) is 1. The zero-order valence-corrected chi connectivity index (χ0v) is 12.0. The van der Waals surface area contributed by atoms with Crippen LogP contribution in [0.5, 0.6) is 0 Å². The summed E-state index contributed by atoms with van der Waals surface area (Å²) in [4.78, 5) is 6.51. The smallest absolute Gasteiger partial charge is 0.0653 e. The maximum Gasteiger partial charge on any atom is 0.0653 e. The van der Waals surface area contributed by atoms with Crippen LogP contribution in [0.2, 0.25) is 0 Å². The Labute approximate surface area is 124 Å². The molecule has 0 aliphatic carbocycles. The van der Waals surface area contributed by atoms with E-state index in [1.54, 1.807) is 6.20 Å². The maximum atomic E-state index is 6.45. The van der Waals surface area contributed by atoms with E-state index in [4.69, 9.17) is 5.73 Å². The van der Waals surface area contributed by atoms with Crippen molar-refractivity contribution in [2.24, 2.45) is 0 Å². The zero-order chi connectivity index (χ0) is 14.4. The molecule has 0 saturated heterocycles. The summed E-state index contributed by atoms with van der Waals surface area (Å²) in [5, 5.41) is 2.15. The monoisotopic (exact) mass is 275 g/mol. The SMILES string of the molecule is CC1Cc2ccccc2N1c1ccc2cnccc2c1N. The number of nitrogen functional groups attached to an aromatic ring is 1. The summed E-state index contributed by atoms with van der Waals surface area (Å²) in [6, 6.07) is 15.2. The van der Waals surface area contributed by atoms with Crippen LogP contribution in [0.3, 0.4) is 0 Å². The van der Waals surface area contributed by atoms with Crippen molar-refractivity contribution in [2.45, 2.75) is 19.4 Å². The van der Waals surface area contributed by atoms with Gasteiger partial charge in [0.25, 0.3) is 0 Å². The van der Waals surface area contributed by atoms with Gasteiger partial charge in [0.05, 0.1) is 11.4 Å². The highest BCUT2D eigenvalue weighted by molar-refractivity contribution is 6.00. The fourth-order valence-electron chi connectivity index (χ4n) is 3.32. The van der Waals surface area contributed by atoms with E-state index in [-0.39, 0.29) is 0 Å². The molecule has 104 valence electrons. The predicted octanol–water partition coefficient (Wildman–Crippen LogP) is 3.90. The first-order valence-electron chi connectivity index (χ1n) is 7.25. The first kappa shape index (κ1) is 12.2. The lowest BCUT2D eigenvalue weighted by molar-refractivity contribution is 0.760. The molecular weight excluding hydrogens is 258 g/mol. The van der Waals surface area contributed by atoms with Crippen LogP contribution in [0.4, 0.5) is 17.1 Å². The van der Waals surface area contributed by atoms with E-state index in [1.165, 1.54) is 11.3 Å². The molecule has 1 atom stereocenters. The van der Waals surface area contributed by atoms with Gasteiger partial charge in [-0.1, -0.05) is 24.3 Å². The third-order valence-electron chi connectivity index (χ3n) is 4.31. The molecule has 1 unspecified atom stereocenters. The number of nitrogens with zero attached hydrogens (tertiary/aromatic N) is 2. The van der Waals surface area contributed by atoms with Crippen LogP contribution < -0.4 is 10.6 Å². The quantitative estimate of drug-likeness (QED) is 0.685. The average molecular weight is 275 g/mol. The molecular formula is C18H17N3. The molecule has 1 aromatic heterocycles. The third-order valence-corrected chi connectivity index (χ3v) is 4.31. The van der Waals surface area contributed by atoms with Gasteiger partial charge in [0.2, 0.25) is 0 Å². The van der Waals surface area contributed by atoms with E-state index in [0.29, 0.717) is 6.04 Å². The number of nitrogens with two attached hydrogens (primary N) is 1. The van der Waals surface area contributed by atoms with Crippen molar-refractivity contribution >= 4 is 27.8 Å². The number of hydrogen-bond acceptors (Lipinski definition) is 3. The van der Waals surface area contributed by atoms with Crippen molar-refractivity contribution in [3.05, 3.63) is 60.4 Å². The minimum absolute atomic E-state index is 0.420. The minimum Gasteiger partial charge on any atom is -0.397 e. The van der Waals surface area contributed by atoms with Crippen molar-refractivity contribution in [3.63, 3.8) is 0 Å². The van der Waals surface area contributed by atoms with E-state index < -0.39 is 0 Å². The lowest BCUT2D eigenvalue weighted by atomic mass is 10.1. The van der Waals surface area contributed by atoms with Crippen LogP contribution in [0.1, 0.15) is 12.5 Å². The third kappa shape index (κ3) is 1.77. The summed E-state index contributed by atoms with van der Waals surface area (Å²) in [5.41, 5.74) is 11.0. The van der Waals surface area contributed by atoms with Gasteiger partial charge in [-0.15, -0.1) is 0 Å². The van der Waals surface area contributed by atoms with E-state index >= 15 is 0 Å². The Balaban J connectivity index is 1.93. The van der Waals surface area contributed by atoms with Gasteiger partial charge >= 0.3 is 0 Å². The lowest BCUT2D eigenvalue weighted by Crippen LogP contribution is -2.24. The van der Waals surface area contributed by atoms with Gasteiger partial charge in [0.1, 0.15) is 0 Å². The van der Waals surface area contributed by atoms with Crippen LogP contribution in [-0.4, -0.2) is 11.0 Å². The number of para-hydroxylation sites is 1. The molecule has 0 bridgehead atoms. The second-order valence-corrected chi connectivity index (χ2v) is 5.65. The largest absolute Gasteiger partial charge is 0.397 e. The average Bonchev–Trinajstić information content (AvgIpc) is 2.84. The molecule has 0 saturated carbocycles. The summed E-state index contributed by atoms with van der Waals surface area (Å²) < 4.78 is 0. The van der Waals surface area contributed by atoms with Crippen LogP contribution in [0.15, 0.2) is 54.9 Å². The van der Waals surface area contributed by atoms with Gasteiger partial charge in [-0.05, 0) is 37.1 Å². The van der Waals surface area contributed by atoms with Crippen molar-refractivity contribution in [1.82, 2.24) is 4.98 Å². The molecule has 1 aliphatic rings. The first-order chi connectivity index (χ1) is 10.3. The molecule has 0 radical (unpaired) electrons. The number of pyridine rings is 1. The van der Waals surface area contributed by atoms with Gasteiger partial charge in [0.15, 0.2) is 0 Å². The van der Waals surface area contributed by atoms with Crippen LogP contribution in [0, 0.1) is 0 Å². The molecule has 2 heterocycles. The number of anilines is 3. The highest BCUT2D eigenvalue weighted by atomic mass is 15.2. The van der Waals surface area contributed by atoms with E-state index in [0.717, 1.165) is 28.6 Å². The van der Waals surface area contributed by atoms with Crippen molar-refractivity contribution in [1.29, 1.82) is 0 Å². The van der Waals surface area contributed by atoms with Crippen molar-refractivity contribution in [2.75, 3.05) is 10.6 Å². The Hall–Kier alpha value is -2.55. The molecule has 3 nitrogen and oxygen atoms in total. The Morgan fingerprint density at radius 2 is 1.95 bits per heavy atom. The van der Waals surface area contributed by atoms with Gasteiger partial charge in [0, 0.05) is 34.9 Å². The predicted molar refractivity (Wildman–Crippen MR) is 87.9 cm³/mol. The highest BCUT2D eigenvalue weighted by Crippen LogP contribution is 2.42. The van der Waals surface area contributed by atoms with E-state index in [1.807, 2.05) is 12.3 Å². The fourth-order valence-corrected chi connectivity index (χ4v) is 3.32. The van der Waals surface area contributed by atoms with E-state index in [9.17, 15) is 0 Å². The fraction of sp³-hybridized carbons (Fsp3) is 0.167.